The monoisotopic (exact) mass is 278 g/mol. The zero-order valence-corrected chi connectivity index (χ0v) is 9.40. The topological polar surface area (TPSA) is 59.0 Å². The zero-order chi connectivity index (χ0) is 14.6. The third kappa shape index (κ3) is 6.07. The van der Waals surface area contributed by atoms with Crippen molar-refractivity contribution >= 4 is 0 Å². The van der Waals surface area contributed by atoms with E-state index in [2.05, 4.69) is 4.74 Å². The van der Waals surface area contributed by atoms with Gasteiger partial charge in [0.25, 0.3) is 0 Å². The molecule has 0 aliphatic rings. The van der Waals surface area contributed by atoms with Gasteiger partial charge in [-0.05, 0) is 19.8 Å². The molecule has 0 fully saturated rings. The fourth-order valence-corrected chi connectivity index (χ4v) is 1.07. The predicted molar refractivity (Wildman–Crippen MR) is 49.3 cm³/mol. The summed E-state index contributed by atoms with van der Waals surface area (Å²) in [6, 6.07) is 1.67. The molecule has 0 aliphatic heterocycles. The fourth-order valence-electron chi connectivity index (χ4n) is 1.07. The molecule has 0 amide bonds. The van der Waals surface area contributed by atoms with Crippen LogP contribution in [0, 0.1) is 11.3 Å². The molecule has 1 unspecified atom stereocenters. The first kappa shape index (κ1) is 17.0. The van der Waals surface area contributed by atoms with Crippen molar-refractivity contribution in [2.24, 2.45) is 5.73 Å². The van der Waals surface area contributed by atoms with Crippen molar-refractivity contribution in [3.63, 3.8) is 0 Å². The summed E-state index contributed by atoms with van der Waals surface area (Å²) >= 11 is 0. The highest BCUT2D eigenvalue weighted by atomic mass is 19.4. The summed E-state index contributed by atoms with van der Waals surface area (Å²) in [4.78, 5) is 0. The Morgan fingerprint density at radius 2 is 1.61 bits per heavy atom. The van der Waals surface area contributed by atoms with Crippen molar-refractivity contribution in [2.75, 3.05) is 6.61 Å². The third-order valence-electron chi connectivity index (χ3n) is 1.97. The maximum absolute atomic E-state index is 12.0. The van der Waals surface area contributed by atoms with E-state index in [1.54, 1.807) is 6.07 Å². The van der Waals surface area contributed by atoms with Crippen LogP contribution in [0.2, 0.25) is 0 Å². The van der Waals surface area contributed by atoms with E-state index < -0.39 is 30.6 Å². The second kappa shape index (κ2) is 5.75. The minimum absolute atomic E-state index is 0.0636. The molecule has 0 radical (unpaired) electrons. The maximum atomic E-state index is 12.0. The average molecular weight is 278 g/mol. The van der Waals surface area contributed by atoms with Crippen molar-refractivity contribution in [3.8, 4) is 6.07 Å². The number of rotatable bonds is 5. The minimum atomic E-state index is -5.51. The number of alkyl halides is 6. The second-order valence-corrected chi connectivity index (χ2v) is 3.97. The van der Waals surface area contributed by atoms with E-state index in [1.165, 1.54) is 6.92 Å². The lowest BCUT2D eigenvalue weighted by Crippen LogP contribution is -2.44. The van der Waals surface area contributed by atoms with Gasteiger partial charge in [-0.1, -0.05) is 0 Å². The van der Waals surface area contributed by atoms with E-state index in [0.717, 1.165) is 0 Å². The van der Waals surface area contributed by atoms with Crippen molar-refractivity contribution in [1.29, 1.82) is 5.26 Å². The molecule has 1 atom stereocenters. The van der Waals surface area contributed by atoms with Gasteiger partial charge in [0.1, 0.15) is 5.54 Å². The van der Waals surface area contributed by atoms with Gasteiger partial charge in [-0.25, -0.2) is 0 Å². The highest BCUT2D eigenvalue weighted by Crippen LogP contribution is 2.35. The maximum Gasteiger partial charge on any atom is 0.423 e. The van der Waals surface area contributed by atoms with Crippen LogP contribution in [0.25, 0.3) is 0 Å². The molecule has 0 heterocycles. The van der Waals surface area contributed by atoms with Crippen molar-refractivity contribution in [2.45, 2.75) is 43.8 Å². The van der Waals surface area contributed by atoms with E-state index >= 15 is 0 Å². The van der Waals surface area contributed by atoms with Crippen molar-refractivity contribution in [1.82, 2.24) is 0 Å². The van der Waals surface area contributed by atoms with E-state index in [0.29, 0.717) is 0 Å². The molecule has 0 aliphatic carbocycles. The highest BCUT2D eigenvalue weighted by molar-refractivity contribution is 5.00. The Balaban J connectivity index is 4.29. The first-order valence-electron chi connectivity index (χ1n) is 4.85. The quantitative estimate of drug-likeness (QED) is 0.621. The Morgan fingerprint density at radius 3 is 1.94 bits per heavy atom. The summed E-state index contributed by atoms with van der Waals surface area (Å²) in [5, 5.41) is 8.49. The molecular formula is C9H12F6N2O. The summed E-state index contributed by atoms with van der Waals surface area (Å²) in [5.41, 5.74) is 4.05. The predicted octanol–water partition coefficient (Wildman–Crippen LogP) is 2.52. The normalized spacial score (nSPS) is 16.4. The van der Waals surface area contributed by atoms with Crippen LogP contribution in [0.4, 0.5) is 26.3 Å². The van der Waals surface area contributed by atoms with Crippen molar-refractivity contribution in [3.05, 3.63) is 0 Å². The van der Waals surface area contributed by atoms with E-state index in [-0.39, 0.29) is 12.8 Å². The summed E-state index contributed by atoms with van der Waals surface area (Å²) in [5.74, 6) is 0. The molecule has 3 nitrogen and oxygen atoms in total. The Hall–Kier alpha value is -1.01. The van der Waals surface area contributed by atoms with Gasteiger partial charge in [0.15, 0.2) is 0 Å². The number of hydrogen-bond acceptors (Lipinski definition) is 3. The number of ether oxygens (including phenoxy) is 1. The van der Waals surface area contributed by atoms with Crippen LogP contribution in [-0.2, 0) is 4.74 Å². The Labute approximate surface area is 99.5 Å². The molecule has 0 aromatic heterocycles. The van der Waals surface area contributed by atoms with Gasteiger partial charge in [-0.15, -0.1) is 0 Å². The summed E-state index contributed by atoms with van der Waals surface area (Å²) in [6.07, 6.45) is -15.1. The Bertz CT molecular complexity index is 290. The van der Waals surface area contributed by atoms with Crippen LogP contribution in [-0.4, -0.2) is 30.6 Å². The molecule has 0 aromatic carbocycles. The van der Waals surface area contributed by atoms with Gasteiger partial charge in [-0.3, -0.25) is 0 Å². The standard InChI is InChI=1S/C9H12F6N2O/c1-7(17,5-16)3-2-4-18-6(8(10,11)12)9(13,14)15/h6H,2-4,17H2,1H3. The first-order valence-corrected chi connectivity index (χ1v) is 4.85. The second-order valence-electron chi connectivity index (χ2n) is 3.97. The van der Waals surface area contributed by atoms with Crippen molar-refractivity contribution < 1.29 is 31.1 Å². The molecule has 0 saturated heterocycles. The molecule has 2 N–H and O–H groups in total. The summed E-state index contributed by atoms with van der Waals surface area (Å²) in [7, 11) is 0. The van der Waals surface area contributed by atoms with Crippen LogP contribution in [0.5, 0.6) is 0 Å². The molecule has 0 saturated carbocycles. The molecule has 18 heavy (non-hydrogen) atoms. The fraction of sp³-hybridized carbons (Fsp3) is 0.889. The molecular weight excluding hydrogens is 266 g/mol. The molecule has 0 aromatic rings. The number of hydrogen-bond donors (Lipinski definition) is 1. The number of nitriles is 1. The van der Waals surface area contributed by atoms with Gasteiger partial charge in [0.2, 0.25) is 6.10 Å². The van der Waals surface area contributed by atoms with Crippen LogP contribution in [0.3, 0.4) is 0 Å². The molecule has 0 rings (SSSR count). The van der Waals surface area contributed by atoms with Crippen LogP contribution >= 0.6 is 0 Å². The minimum Gasteiger partial charge on any atom is -0.361 e. The van der Waals surface area contributed by atoms with E-state index in [9.17, 15) is 26.3 Å². The van der Waals surface area contributed by atoms with Gasteiger partial charge in [0.05, 0.1) is 6.07 Å². The molecule has 106 valence electrons. The van der Waals surface area contributed by atoms with E-state index in [1.807, 2.05) is 0 Å². The molecule has 0 bridgehead atoms. The van der Waals surface area contributed by atoms with Gasteiger partial charge in [0, 0.05) is 6.61 Å². The van der Waals surface area contributed by atoms with Gasteiger partial charge in [-0.2, -0.15) is 31.6 Å². The number of halogens is 6. The lowest BCUT2D eigenvalue weighted by atomic mass is 10.00. The lowest BCUT2D eigenvalue weighted by Gasteiger charge is -2.23. The van der Waals surface area contributed by atoms with Crippen LogP contribution < -0.4 is 5.73 Å². The van der Waals surface area contributed by atoms with Gasteiger partial charge < -0.3 is 10.5 Å². The third-order valence-corrected chi connectivity index (χ3v) is 1.97. The lowest BCUT2D eigenvalue weighted by molar-refractivity contribution is -0.321. The van der Waals surface area contributed by atoms with Crippen LogP contribution in [0.15, 0.2) is 0 Å². The Morgan fingerprint density at radius 1 is 1.17 bits per heavy atom. The van der Waals surface area contributed by atoms with E-state index in [4.69, 9.17) is 11.0 Å². The zero-order valence-electron chi connectivity index (χ0n) is 9.40. The average Bonchev–Trinajstić information content (AvgIpc) is 2.13. The Kier molecular flexibility index (Phi) is 5.43. The molecule has 0 spiro atoms. The largest absolute Gasteiger partial charge is 0.423 e. The summed E-state index contributed by atoms with van der Waals surface area (Å²) in [6.45, 7) is 0.538. The van der Waals surface area contributed by atoms with Gasteiger partial charge >= 0.3 is 12.4 Å². The number of nitrogens with two attached hydrogens (primary N) is 1. The SMILES string of the molecule is CC(N)(C#N)CCCOC(C(F)(F)F)C(F)(F)F. The van der Waals surface area contributed by atoms with Crippen LogP contribution in [0.1, 0.15) is 19.8 Å². The summed E-state index contributed by atoms with van der Waals surface area (Å²) < 4.78 is 75.9. The first-order chi connectivity index (χ1) is 7.90. The molecule has 9 heteroatoms. The highest BCUT2D eigenvalue weighted by Gasteiger charge is 2.57. The number of nitrogens with zero attached hydrogens (tertiary/aromatic N) is 1. The smallest absolute Gasteiger partial charge is 0.361 e.